The highest BCUT2D eigenvalue weighted by molar-refractivity contribution is 8.15. The van der Waals surface area contributed by atoms with Gasteiger partial charge in [-0.15, -0.1) is 0 Å². The fourth-order valence-electron chi connectivity index (χ4n) is 3.94. The quantitative estimate of drug-likeness (QED) is 0.396. The lowest BCUT2D eigenvalue weighted by atomic mass is 10.1. The van der Waals surface area contributed by atoms with E-state index in [2.05, 4.69) is 17.4 Å². The summed E-state index contributed by atoms with van der Waals surface area (Å²) in [6.07, 6.45) is 1.79. The van der Waals surface area contributed by atoms with Crippen molar-refractivity contribution in [3.8, 4) is 0 Å². The number of nitrogens with zero attached hydrogens (tertiary/aromatic N) is 2. The summed E-state index contributed by atoms with van der Waals surface area (Å²) in [6, 6.07) is 23.2. The van der Waals surface area contributed by atoms with Crippen molar-refractivity contribution in [2.45, 2.75) is 38.4 Å². The Balaban J connectivity index is 1.51. The number of benzene rings is 3. The van der Waals surface area contributed by atoms with Crippen LogP contribution in [0.5, 0.6) is 0 Å². The summed E-state index contributed by atoms with van der Waals surface area (Å²) in [6.45, 7) is 4.52. The number of rotatable bonds is 7. The summed E-state index contributed by atoms with van der Waals surface area (Å²) < 4.78 is 0. The van der Waals surface area contributed by atoms with Crippen molar-refractivity contribution in [1.82, 2.24) is 4.90 Å². The van der Waals surface area contributed by atoms with Crippen LogP contribution >= 0.6 is 23.4 Å². The predicted octanol–water partition coefficient (Wildman–Crippen LogP) is 6.55. The minimum absolute atomic E-state index is 0.0923. The third-order valence-electron chi connectivity index (χ3n) is 5.81. The van der Waals surface area contributed by atoms with Gasteiger partial charge in [0.05, 0.1) is 5.69 Å². The van der Waals surface area contributed by atoms with Gasteiger partial charge in [-0.2, -0.15) is 0 Å². The molecule has 4 rings (SSSR count). The van der Waals surface area contributed by atoms with E-state index in [9.17, 15) is 9.59 Å². The van der Waals surface area contributed by atoms with E-state index in [1.165, 1.54) is 17.3 Å². The largest absolute Gasteiger partial charge is 0.325 e. The Bertz CT molecular complexity index is 1230. The number of amidine groups is 1. The highest BCUT2D eigenvalue weighted by Crippen LogP contribution is 2.31. The number of aryl methyl sites for hydroxylation is 3. The fraction of sp³-hybridized carbons (Fsp3) is 0.250. The van der Waals surface area contributed by atoms with Crippen molar-refractivity contribution in [2.75, 3.05) is 11.9 Å². The molecule has 5 nitrogen and oxygen atoms in total. The Kier molecular flexibility index (Phi) is 8.26. The van der Waals surface area contributed by atoms with Crippen molar-refractivity contribution in [3.05, 3.63) is 94.5 Å². The highest BCUT2D eigenvalue weighted by Gasteiger charge is 2.35. The van der Waals surface area contributed by atoms with Crippen molar-refractivity contribution in [3.63, 3.8) is 0 Å². The van der Waals surface area contributed by atoms with Crippen LogP contribution < -0.4 is 5.32 Å². The molecule has 1 heterocycles. The number of carbonyl (C=O) groups is 2. The van der Waals surface area contributed by atoms with E-state index < -0.39 is 5.25 Å². The van der Waals surface area contributed by atoms with Gasteiger partial charge in [-0.1, -0.05) is 71.4 Å². The Morgan fingerprint density at radius 3 is 2.54 bits per heavy atom. The van der Waals surface area contributed by atoms with E-state index in [1.54, 1.807) is 17.0 Å². The summed E-state index contributed by atoms with van der Waals surface area (Å²) in [5.74, 6) is -0.284. The first-order valence-corrected chi connectivity index (χ1v) is 12.9. The molecule has 1 atom stereocenters. The molecule has 1 fully saturated rings. The second-order valence-corrected chi connectivity index (χ2v) is 10.2. The number of anilines is 1. The number of hydrogen-bond donors (Lipinski definition) is 1. The van der Waals surface area contributed by atoms with Crippen LogP contribution in [0.4, 0.5) is 11.4 Å². The maximum Gasteiger partial charge on any atom is 0.238 e. The number of hydrogen-bond acceptors (Lipinski definition) is 4. The van der Waals surface area contributed by atoms with Gasteiger partial charge in [0.1, 0.15) is 5.25 Å². The molecule has 1 N–H and O–H groups in total. The fourth-order valence-corrected chi connectivity index (χ4v) is 5.19. The van der Waals surface area contributed by atoms with Gasteiger partial charge >= 0.3 is 0 Å². The Hall–Kier alpha value is -3.09. The zero-order chi connectivity index (χ0) is 24.8. The van der Waals surface area contributed by atoms with E-state index in [-0.39, 0.29) is 18.2 Å². The molecule has 0 radical (unpaired) electrons. The first-order valence-electron chi connectivity index (χ1n) is 11.6. The SMILES string of the molecule is Cc1ccc(NC(=O)C2CC(=O)N(CCCc3ccccc3)C(=Nc3ccc(Cl)cc3)S2)c(C)c1. The molecule has 1 aliphatic rings. The van der Waals surface area contributed by atoms with Gasteiger partial charge in [0, 0.05) is 23.7 Å². The molecule has 35 heavy (non-hydrogen) atoms. The summed E-state index contributed by atoms with van der Waals surface area (Å²) in [7, 11) is 0. The maximum atomic E-state index is 13.2. The maximum absolute atomic E-state index is 13.2. The molecule has 7 heteroatoms. The number of nitrogens with one attached hydrogen (secondary N) is 1. The zero-order valence-corrected chi connectivity index (χ0v) is 21.4. The number of amides is 2. The lowest BCUT2D eigenvalue weighted by molar-refractivity contribution is -0.129. The van der Waals surface area contributed by atoms with Gasteiger partial charge in [0.2, 0.25) is 11.8 Å². The molecule has 1 saturated heterocycles. The molecule has 3 aromatic carbocycles. The smallest absolute Gasteiger partial charge is 0.238 e. The Morgan fingerprint density at radius 1 is 1.09 bits per heavy atom. The predicted molar refractivity (Wildman–Crippen MR) is 146 cm³/mol. The molecule has 180 valence electrons. The molecule has 1 unspecified atom stereocenters. The van der Waals surface area contributed by atoms with Crippen LogP contribution in [0.25, 0.3) is 0 Å². The number of aliphatic imine (C=N–C) groups is 1. The third kappa shape index (κ3) is 6.74. The molecule has 3 aromatic rings. The standard InChI is InChI=1S/C28H28ClN3O2S/c1-19-10-15-24(20(2)17-19)31-27(34)25-18-26(33)32(16-6-9-21-7-4-3-5-8-21)28(35-25)30-23-13-11-22(29)12-14-23/h3-5,7-8,10-15,17,25H,6,9,16,18H2,1-2H3,(H,31,34). The topological polar surface area (TPSA) is 61.8 Å². The minimum atomic E-state index is -0.556. The summed E-state index contributed by atoms with van der Waals surface area (Å²) in [5, 5.41) is 3.60. The van der Waals surface area contributed by atoms with Crippen molar-refractivity contribution in [1.29, 1.82) is 0 Å². The zero-order valence-electron chi connectivity index (χ0n) is 19.8. The van der Waals surface area contributed by atoms with Crippen LogP contribution in [0.15, 0.2) is 77.8 Å². The normalized spacial score (nSPS) is 17.0. The summed E-state index contributed by atoms with van der Waals surface area (Å²) >= 11 is 7.36. The molecule has 0 spiro atoms. The van der Waals surface area contributed by atoms with Gasteiger partial charge in [-0.3, -0.25) is 14.5 Å². The first kappa shape index (κ1) is 25.0. The number of halogens is 1. The minimum Gasteiger partial charge on any atom is -0.325 e. The number of carbonyl (C=O) groups excluding carboxylic acids is 2. The van der Waals surface area contributed by atoms with Crippen LogP contribution in [0.2, 0.25) is 5.02 Å². The van der Waals surface area contributed by atoms with E-state index in [0.717, 1.165) is 29.7 Å². The average molecular weight is 506 g/mol. The van der Waals surface area contributed by atoms with Gasteiger partial charge in [-0.05, 0) is 68.1 Å². The van der Waals surface area contributed by atoms with E-state index in [4.69, 9.17) is 16.6 Å². The summed E-state index contributed by atoms with van der Waals surface area (Å²) in [4.78, 5) is 32.8. The van der Waals surface area contributed by atoms with Crippen molar-refractivity contribution < 1.29 is 9.59 Å². The second kappa shape index (κ2) is 11.6. The van der Waals surface area contributed by atoms with Gasteiger partial charge in [0.25, 0.3) is 0 Å². The molecule has 0 aromatic heterocycles. The average Bonchev–Trinajstić information content (AvgIpc) is 2.84. The van der Waals surface area contributed by atoms with Crippen LogP contribution in [0.1, 0.15) is 29.5 Å². The molecule has 1 aliphatic heterocycles. The third-order valence-corrected chi connectivity index (χ3v) is 7.25. The van der Waals surface area contributed by atoms with Crippen molar-refractivity contribution in [2.24, 2.45) is 4.99 Å². The molecule has 2 amide bonds. The van der Waals surface area contributed by atoms with Crippen molar-refractivity contribution >= 4 is 51.7 Å². The molecular weight excluding hydrogens is 478 g/mol. The molecular formula is C28H28ClN3O2S. The van der Waals surface area contributed by atoms with E-state index in [0.29, 0.717) is 22.4 Å². The second-order valence-electron chi connectivity index (χ2n) is 8.62. The van der Waals surface area contributed by atoms with Gasteiger partial charge in [-0.25, -0.2) is 4.99 Å². The lowest BCUT2D eigenvalue weighted by Crippen LogP contribution is -2.45. The Labute approximate surface area is 215 Å². The molecule has 0 aliphatic carbocycles. The van der Waals surface area contributed by atoms with Crippen LogP contribution in [0.3, 0.4) is 0 Å². The molecule has 0 bridgehead atoms. The van der Waals surface area contributed by atoms with E-state index in [1.807, 2.05) is 62.4 Å². The first-order chi connectivity index (χ1) is 16.9. The lowest BCUT2D eigenvalue weighted by Gasteiger charge is -2.32. The van der Waals surface area contributed by atoms with Gasteiger partial charge in [0.15, 0.2) is 5.17 Å². The number of thioether (sulfide) groups is 1. The van der Waals surface area contributed by atoms with Crippen LogP contribution in [-0.4, -0.2) is 33.7 Å². The molecule has 0 saturated carbocycles. The summed E-state index contributed by atoms with van der Waals surface area (Å²) in [5.41, 5.74) is 4.80. The van der Waals surface area contributed by atoms with Crippen LogP contribution in [-0.2, 0) is 16.0 Å². The van der Waals surface area contributed by atoms with E-state index >= 15 is 0 Å². The Morgan fingerprint density at radius 2 is 1.83 bits per heavy atom. The highest BCUT2D eigenvalue weighted by atomic mass is 35.5. The monoisotopic (exact) mass is 505 g/mol. The van der Waals surface area contributed by atoms with Gasteiger partial charge < -0.3 is 5.32 Å². The van der Waals surface area contributed by atoms with Crippen LogP contribution in [0, 0.1) is 13.8 Å².